The van der Waals surface area contributed by atoms with E-state index < -0.39 is 11.9 Å². The third-order valence-corrected chi connectivity index (χ3v) is 5.51. The zero-order valence-corrected chi connectivity index (χ0v) is 17.1. The van der Waals surface area contributed by atoms with E-state index in [9.17, 15) is 0 Å². The first kappa shape index (κ1) is 22.7. The molecule has 0 atom stereocenters. The summed E-state index contributed by atoms with van der Waals surface area (Å²) in [7, 11) is 2.06. The van der Waals surface area contributed by atoms with Crippen molar-refractivity contribution < 1.29 is 24.9 Å². The molecule has 29 heavy (non-hydrogen) atoms. The van der Waals surface area contributed by atoms with Gasteiger partial charge in [-0.05, 0) is 41.8 Å². The lowest BCUT2D eigenvalue weighted by Crippen LogP contribution is -2.22. The average molecular weight is 416 g/mol. The molecule has 0 amide bonds. The number of aliphatic carboxylic acids is 2. The molecule has 0 saturated carbocycles. The number of nitrogens with zero attached hydrogens (tertiary/aromatic N) is 1. The van der Waals surface area contributed by atoms with Crippen molar-refractivity contribution in [2.45, 2.75) is 17.1 Å². The number of carbonyl (C=O) groups is 2. The van der Waals surface area contributed by atoms with Crippen LogP contribution >= 0.6 is 11.8 Å². The van der Waals surface area contributed by atoms with E-state index in [1.165, 1.54) is 27.2 Å². The number of hydrogen-bond acceptors (Lipinski definition) is 5. The highest BCUT2D eigenvalue weighted by atomic mass is 32.2. The SMILES string of the molecule is CN(CCO)CC/C=C1/c2ccccc2CSc2ccccc21.O=C(O)C(=O)O. The smallest absolute Gasteiger partial charge is 0.414 e. The van der Waals surface area contributed by atoms with Gasteiger partial charge in [-0.25, -0.2) is 9.59 Å². The third-order valence-electron chi connectivity index (χ3n) is 4.39. The number of fused-ring (bicyclic) bond motifs is 2. The molecule has 6 nitrogen and oxygen atoms in total. The molecule has 0 unspecified atom stereocenters. The number of likely N-dealkylation sites (N-methyl/N-ethyl adjacent to an activating group) is 1. The summed E-state index contributed by atoms with van der Waals surface area (Å²) in [6, 6.07) is 17.4. The van der Waals surface area contributed by atoms with E-state index in [2.05, 4.69) is 66.6 Å². The highest BCUT2D eigenvalue weighted by Gasteiger charge is 2.17. The van der Waals surface area contributed by atoms with Crippen LogP contribution in [0, 0.1) is 0 Å². The minimum absolute atomic E-state index is 0.218. The lowest BCUT2D eigenvalue weighted by molar-refractivity contribution is -0.159. The van der Waals surface area contributed by atoms with E-state index in [1.807, 2.05) is 11.8 Å². The van der Waals surface area contributed by atoms with Crippen LogP contribution in [0.5, 0.6) is 0 Å². The minimum atomic E-state index is -1.82. The molecule has 3 rings (SSSR count). The Morgan fingerprint density at radius 1 is 1.00 bits per heavy atom. The van der Waals surface area contributed by atoms with Gasteiger partial charge in [-0.3, -0.25) is 0 Å². The monoisotopic (exact) mass is 415 g/mol. The number of rotatable bonds is 5. The lowest BCUT2D eigenvalue weighted by atomic mass is 9.93. The van der Waals surface area contributed by atoms with Gasteiger partial charge >= 0.3 is 11.9 Å². The molecule has 0 aromatic heterocycles. The molecule has 154 valence electrons. The molecule has 1 aliphatic heterocycles. The molecule has 2 aromatic carbocycles. The second-order valence-electron chi connectivity index (χ2n) is 6.49. The Morgan fingerprint density at radius 2 is 1.62 bits per heavy atom. The van der Waals surface area contributed by atoms with Crippen LogP contribution in [0.2, 0.25) is 0 Å². The van der Waals surface area contributed by atoms with E-state index in [1.54, 1.807) is 0 Å². The zero-order chi connectivity index (χ0) is 21.2. The topological polar surface area (TPSA) is 98.1 Å². The van der Waals surface area contributed by atoms with E-state index >= 15 is 0 Å². The molecular weight excluding hydrogens is 390 g/mol. The molecule has 1 aliphatic rings. The molecule has 7 heteroatoms. The number of carboxylic acid groups (broad SMARTS) is 2. The van der Waals surface area contributed by atoms with Crippen LogP contribution in [0.1, 0.15) is 23.1 Å². The Hall–Kier alpha value is -2.61. The average Bonchev–Trinajstić information content (AvgIpc) is 2.86. The van der Waals surface area contributed by atoms with Crippen LogP contribution in [0.3, 0.4) is 0 Å². The van der Waals surface area contributed by atoms with Crippen molar-refractivity contribution in [2.24, 2.45) is 0 Å². The van der Waals surface area contributed by atoms with Crippen LogP contribution < -0.4 is 0 Å². The van der Waals surface area contributed by atoms with Crippen molar-refractivity contribution in [1.82, 2.24) is 4.90 Å². The van der Waals surface area contributed by atoms with Crippen molar-refractivity contribution in [2.75, 3.05) is 26.7 Å². The maximum atomic E-state index is 9.10. The normalized spacial score (nSPS) is 13.7. The molecule has 0 bridgehead atoms. The fourth-order valence-electron chi connectivity index (χ4n) is 2.96. The first-order valence-electron chi connectivity index (χ1n) is 9.20. The third kappa shape index (κ3) is 6.74. The summed E-state index contributed by atoms with van der Waals surface area (Å²) in [5, 5.41) is 23.8. The fraction of sp³-hybridized carbons (Fsp3) is 0.273. The van der Waals surface area contributed by atoms with Crippen LogP contribution in [-0.4, -0.2) is 58.9 Å². The molecule has 0 aliphatic carbocycles. The van der Waals surface area contributed by atoms with Crippen molar-refractivity contribution in [1.29, 1.82) is 0 Å². The van der Waals surface area contributed by atoms with E-state index in [-0.39, 0.29) is 6.61 Å². The van der Waals surface area contributed by atoms with Gasteiger partial charge in [0.2, 0.25) is 0 Å². The standard InChI is InChI=1S/C20H23NOS.C2H2O4/c1-21(13-14-22)12-6-10-18-17-8-3-2-7-16(17)15-23-20-11-5-4-9-19(18)20;3-1(4)2(5)6/h2-5,7-11,22H,6,12-15H2,1H3;(H,3,4)(H,5,6)/b18-10-;. The van der Waals surface area contributed by atoms with Crippen molar-refractivity contribution in [3.8, 4) is 0 Å². The summed E-state index contributed by atoms with van der Waals surface area (Å²) in [4.78, 5) is 21.7. The number of hydrogen-bond donors (Lipinski definition) is 3. The molecule has 0 saturated heterocycles. The lowest BCUT2D eigenvalue weighted by Gasteiger charge is -2.15. The first-order chi connectivity index (χ1) is 13.9. The van der Waals surface area contributed by atoms with E-state index in [4.69, 9.17) is 24.9 Å². The number of aliphatic hydroxyl groups excluding tert-OH is 1. The Bertz CT molecular complexity index is 820. The van der Waals surface area contributed by atoms with Gasteiger partial charge in [-0.1, -0.05) is 48.5 Å². The number of carboxylic acids is 2. The summed E-state index contributed by atoms with van der Waals surface area (Å²) in [6.07, 6.45) is 3.34. The number of aliphatic hydroxyl groups is 1. The fourth-order valence-corrected chi connectivity index (χ4v) is 4.03. The maximum Gasteiger partial charge on any atom is 0.414 e. The molecule has 3 N–H and O–H groups in total. The van der Waals surface area contributed by atoms with Gasteiger partial charge in [0.25, 0.3) is 0 Å². The molecule has 0 spiro atoms. The highest BCUT2D eigenvalue weighted by Crippen LogP contribution is 2.39. The van der Waals surface area contributed by atoms with Crippen molar-refractivity contribution in [3.63, 3.8) is 0 Å². The minimum Gasteiger partial charge on any atom is -0.473 e. The number of benzene rings is 2. The largest absolute Gasteiger partial charge is 0.473 e. The summed E-state index contributed by atoms with van der Waals surface area (Å²) >= 11 is 1.92. The van der Waals surface area contributed by atoms with E-state index in [0.29, 0.717) is 0 Å². The maximum absolute atomic E-state index is 9.10. The predicted octanol–water partition coefficient (Wildman–Crippen LogP) is 3.19. The second-order valence-corrected chi connectivity index (χ2v) is 7.50. The molecular formula is C22H25NO5S. The van der Waals surface area contributed by atoms with Crippen LogP contribution in [-0.2, 0) is 15.3 Å². The zero-order valence-electron chi connectivity index (χ0n) is 16.2. The Morgan fingerprint density at radius 3 is 2.28 bits per heavy atom. The Kier molecular flexibility index (Phi) is 8.92. The van der Waals surface area contributed by atoms with Crippen LogP contribution in [0.4, 0.5) is 0 Å². The Balaban J connectivity index is 0.000000438. The molecule has 0 fully saturated rings. The molecule has 0 radical (unpaired) electrons. The van der Waals surface area contributed by atoms with Gasteiger partial charge < -0.3 is 20.2 Å². The summed E-state index contributed by atoms with van der Waals surface area (Å²) < 4.78 is 0. The van der Waals surface area contributed by atoms with E-state index in [0.717, 1.165) is 25.3 Å². The predicted molar refractivity (Wildman–Crippen MR) is 114 cm³/mol. The van der Waals surface area contributed by atoms with Crippen LogP contribution in [0.15, 0.2) is 59.5 Å². The quantitative estimate of drug-likeness (QED) is 0.645. The summed E-state index contributed by atoms with van der Waals surface area (Å²) in [6.45, 7) is 1.91. The second kappa shape index (κ2) is 11.4. The van der Waals surface area contributed by atoms with Gasteiger partial charge in [0.1, 0.15) is 0 Å². The molecule has 2 aromatic rings. The van der Waals surface area contributed by atoms with Gasteiger partial charge in [-0.2, -0.15) is 0 Å². The molecule has 1 heterocycles. The summed E-state index contributed by atoms with van der Waals surface area (Å²) in [5.41, 5.74) is 5.45. The summed E-state index contributed by atoms with van der Waals surface area (Å²) in [5.74, 6) is -2.63. The van der Waals surface area contributed by atoms with Crippen molar-refractivity contribution >= 4 is 29.3 Å². The van der Waals surface area contributed by atoms with Gasteiger partial charge in [0.05, 0.1) is 6.61 Å². The van der Waals surface area contributed by atoms with Crippen LogP contribution in [0.25, 0.3) is 5.57 Å². The first-order valence-corrected chi connectivity index (χ1v) is 10.2. The van der Waals surface area contributed by atoms with Gasteiger partial charge in [0, 0.05) is 23.7 Å². The Labute approximate surface area is 174 Å². The highest BCUT2D eigenvalue weighted by molar-refractivity contribution is 7.98. The van der Waals surface area contributed by atoms with Gasteiger partial charge in [-0.15, -0.1) is 11.8 Å². The van der Waals surface area contributed by atoms with Crippen molar-refractivity contribution in [3.05, 3.63) is 71.3 Å². The van der Waals surface area contributed by atoms with Gasteiger partial charge in [0.15, 0.2) is 0 Å². The number of thioether (sulfide) groups is 1.